The third kappa shape index (κ3) is 1.91. The molecule has 16 heavy (non-hydrogen) atoms. The zero-order chi connectivity index (χ0) is 11.8. The molecule has 0 radical (unpaired) electrons. The van der Waals surface area contributed by atoms with Crippen LogP contribution in [0.15, 0.2) is 35.1 Å². The molecule has 4 nitrogen and oxygen atoms in total. The van der Waals surface area contributed by atoms with Crippen molar-refractivity contribution in [2.24, 2.45) is 0 Å². The highest BCUT2D eigenvalue weighted by molar-refractivity contribution is 5.53. The summed E-state index contributed by atoms with van der Waals surface area (Å²) in [7, 11) is 0. The highest BCUT2D eigenvalue weighted by Gasteiger charge is 2.18. The molecule has 1 aromatic heterocycles. The Morgan fingerprint density at radius 1 is 1.19 bits per heavy atom. The average Bonchev–Trinajstić information content (AvgIpc) is 2.61. The number of nitrogens with zero attached hydrogens (tertiary/aromatic N) is 2. The summed E-state index contributed by atoms with van der Waals surface area (Å²) in [5.41, 5.74) is 0.439. The second-order valence-electron chi connectivity index (χ2n) is 4.73. The van der Waals surface area contributed by atoms with Crippen molar-refractivity contribution in [3.8, 4) is 11.4 Å². The van der Waals surface area contributed by atoms with E-state index >= 15 is 0 Å². The Labute approximate surface area is 93.9 Å². The standard InChI is InChI=1S/C12H15N3O/c1-12(2,3)15-11(16)13-10(14-15)9-7-5-4-6-8-9/h4-8H,1-3H3,(H,13,14,16). The molecule has 4 heteroatoms. The number of aromatic amines is 1. The third-order valence-electron chi connectivity index (χ3n) is 2.30. The van der Waals surface area contributed by atoms with Crippen LogP contribution in [0.2, 0.25) is 0 Å². The number of hydrogen-bond donors (Lipinski definition) is 1. The van der Waals surface area contributed by atoms with Crippen molar-refractivity contribution in [2.75, 3.05) is 0 Å². The first-order valence-electron chi connectivity index (χ1n) is 5.24. The maximum Gasteiger partial charge on any atom is 0.344 e. The summed E-state index contributed by atoms with van der Waals surface area (Å²) in [6, 6.07) is 9.62. The van der Waals surface area contributed by atoms with Gasteiger partial charge in [-0.2, -0.15) is 0 Å². The first kappa shape index (κ1) is 10.7. The first-order chi connectivity index (χ1) is 7.48. The lowest BCUT2D eigenvalue weighted by atomic mass is 10.1. The monoisotopic (exact) mass is 217 g/mol. The molecule has 1 heterocycles. The smallest absolute Gasteiger partial charge is 0.289 e. The minimum absolute atomic E-state index is 0.175. The lowest BCUT2D eigenvalue weighted by Crippen LogP contribution is -2.33. The van der Waals surface area contributed by atoms with Crippen molar-refractivity contribution < 1.29 is 0 Å². The van der Waals surface area contributed by atoms with Crippen LogP contribution in [-0.2, 0) is 5.54 Å². The van der Waals surface area contributed by atoms with Crippen molar-refractivity contribution in [3.05, 3.63) is 40.8 Å². The van der Waals surface area contributed by atoms with Gasteiger partial charge in [0.15, 0.2) is 5.82 Å². The van der Waals surface area contributed by atoms with E-state index in [1.165, 1.54) is 4.68 Å². The van der Waals surface area contributed by atoms with Crippen LogP contribution >= 0.6 is 0 Å². The molecule has 2 rings (SSSR count). The van der Waals surface area contributed by atoms with E-state index in [2.05, 4.69) is 10.1 Å². The number of hydrogen-bond acceptors (Lipinski definition) is 2. The van der Waals surface area contributed by atoms with Crippen LogP contribution < -0.4 is 5.69 Å². The van der Waals surface area contributed by atoms with Gasteiger partial charge < -0.3 is 0 Å². The van der Waals surface area contributed by atoms with Gasteiger partial charge >= 0.3 is 5.69 Å². The van der Waals surface area contributed by atoms with Gasteiger partial charge in [-0.25, -0.2) is 9.48 Å². The molecule has 0 bridgehead atoms. The molecule has 0 aliphatic rings. The van der Waals surface area contributed by atoms with E-state index in [4.69, 9.17) is 0 Å². The predicted molar refractivity (Wildman–Crippen MR) is 63.3 cm³/mol. The Balaban J connectivity index is 2.51. The van der Waals surface area contributed by atoms with Gasteiger partial charge in [0, 0.05) is 5.56 Å². The molecular formula is C12H15N3O. The van der Waals surface area contributed by atoms with Crippen LogP contribution in [0.25, 0.3) is 11.4 Å². The van der Waals surface area contributed by atoms with Crippen LogP contribution in [0.4, 0.5) is 0 Å². The predicted octanol–water partition coefficient (Wildman–Crippen LogP) is 1.99. The number of rotatable bonds is 1. The van der Waals surface area contributed by atoms with E-state index in [0.29, 0.717) is 5.82 Å². The van der Waals surface area contributed by atoms with Crippen LogP contribution in [0.1, 0.15) is 20.8 Å². The molecule has 0 spiro atoms. The zero-order valence-corrected chi connectivity index (χ0v) is 9.69. The minimum atomic E-state index is -0.305. The fourth-order valence-electron chi connectivity index (χ4n) is 1.51. The molecule has 0 saturated heterocycles. The average molecular weight is 217 g/mol. The van der Waals surface area contributed by atoms with Gasteiger partial charge in [0.25, 0.3) is 0 Å². The lowest BCUT2D eigenvalue weighted by molar-refractivity contribution is 0.344. The first-order valence-corrected chi connectivity index (χ1v) is 5.24. The van der Waals surface area contributed by atoms with E-state index in [0.717, 1.165) is 5.56 Å². The minimum Gasteiger partial charge on any atom is -0.289 e. The van der Waals surface area contributed by atoms with E-state index in [1.54, 1.807) is 0 Å². The fourth-order valence-corrected chi connectivity index (χ4v) is 1.51. The molecule has 1 N–H and O–H groups in total. The Hall–Kier alpha value is -1.84. The van der Waals surface area contributed by atoms with E-state index < -0.39 is 0 Å². The van der Waals surface area contributed by atoms with Gasteiger partial charge in [-0.1, -0.05) is 30.3 Å². The summed E-state index contributed by atoms with van der Waals surface area (Å²) in [6.07, 6.45) is 0. The Morgan fingerprint density at radius 3 is 2.31 bits per heavy atom. The molecule has 2 aromatic rings. The van der Waals surface area contributed by atoms with Gasteiger partial charge in [0.05, 0.1) is 5.54 Å². The van der Waals surface area contributed by atoms with Crippen molar-refractivity contribution in [1.29, 1.82) is 0 Å². The maximum absolute atomic E-state index is 11.7. The van der Waals surface area contributed by atoms with Gasteiger partial charge in [0.2, 0.25) is 0 Å². The van der Waals surface area contributed by atoms with Crippen molar-refractivity contribution in [3.63, 3.8) is 0 Å². The summed E-state index contributed by atoms with van der Waals surface area (Å²) in [6.45, 7) is 5.85. The lowest BCUT2D eigenvalue weighted by Gasteiger charge is -2.16. The summed E-state index contributed by atoms with van der Waals surface area (Å²) in [5.74, 6) is 0.612. The molecular weight excluding hydrogens is 202 g/mol. The molecule has 0 saturated carbocycles. The van der Waals surface area contributed by atoms with E-state index in [-0.39, 0.29) is 11.2 Å². The number of H-pyrrole nitrogens is 1. The van der Waals surface area contributed by atoms with Gasteiger partial charge in [-0.05, 0) is 20.8 Å². The van der Waals surface area contributed by atoms with E-state index in [1.807, 2.05) is 51.1 Å². The number of benzene rings is 1. The highest BCUT2D eigenvalue weighted by Crippen LogP contribution is 2.15. The van der Waals surface area contributed by atoms with Crippen molar-refractivity contribution in [2.45, 2.75) is 26.3 Å². The van der Waals surface area contributed by atoms with E-state index in [9.17, 15) is 4.79 Å². The summed E-state index contributed by atoms with van der Waals surface area (Å²) >= 11 is 0. The number of nitrogens with one attached hydrogen (secondary N) is 1. The molecule has 0 fully saturated rings. The van der Waals surface area contributed by atoms with Crippen LogP contribution in [0, 0.1) is 0 Å². The fraction of sp³-hybridized carbons (Fsp3) is 0.333. The normalized spacial score (nSPS) is 11.7. The Bertz CT molecular complexity index is 531. The maximum atomic E-state index is 11.7. The van der Waals surface area contributed by atoms with Crippen molar-refractivity contribution in [1.82, 2.24) is 14.8 Å². The van der Waals surface area contributed by atoms with Crippen LogP contribution in [0.3, 0.4) is 0 Å². The molecule has 0 aliphatic carbocycles. The number of aromatic nitrogens is 3. The highest BCUT2D eigenvalue weighted by atomic mass is 16.2. The van der Waals surface area contributed by atoms with Crippen LogP contribution in [-0.4, -0.2) is 14.8 Å². The molecule has 1 aromatic carbocycles. The SMILES string of the molecule is CC(C)(C)n1nc(-c2ccccc2)[nH]c1=O. The summed E-state index contributed by atoms with van der Waals surface area (Å²) < 4.78 is 1.47. The molecule has 0 unspecified atom stereocenters. The summed E-state index contributed by atoms with van der Waals surface area (Å²) in [5, 5.41) is 4.30. The molecule has 0 aliphatic heterocycles. The quantitative estimate of drug-likeness (QED) is 0.794. The topological polar surface area (TPSA) is 50.7 Å². The van der Waals surface area contributed by atoms with Crippen LogP contribution in [0.5, 0.6) is 0 Å². The Morgan fingerprint density at radius 2 is 1.81 bits per heavy atom. The second-order valence-corrected chi connectivity index (χ2v) is 4.73. The van der Waals surface area contributed by atoms with Gasteiger partial charge in [0.1, 0.15) is 0 Å². The van der Waals surface area contributed by atoms with Gasteiger partial charge in [-0.3, -0.25) is 4.98 Å². The second kappa shape index (κ2) is 3.63. The summed E-state index contributed by atoms with van der Waals surface area (Å²) in [4.78, 5) is 14.5. The van der Waals surface area contributed by atoms with Gasteiger partial charge in [-0.15, -0.1) is 5.10 Å². The largest absolute Gasteiger partial charge is 0.344 e. The molecule has 84 valence electrons. The zero-order valence-electron chi connectivity index (χ0n) is 9.69. The Kier molecular flexibility index (Phi) is 2.42. The molecule has 0 atom stereocenters. The van der Waals surface area contributed by atoms with Crippen molar-refractivity contribution >= 4 is 0 Å². The molecule has 0 amide bonds. The third-order valence-corrected chi connectivity index (χ3v) is 2.30.